The number of amides is 1. The van der Waals surface area contributed by atoms with E-state index in [2.05, 4.69) is 0 Å². The number of nitrogens with zero attached hydrogens (tertiary/aromatic N) is 2. The highest BCUT2D eigenvalue weighted by atomic mass is 32.2. The van der Waals surface area contributed by atoms with E-state index >= 15 is 0 Å². The van der Waals surface area contributed by atoms with Crippen LogP contribution in [0.25, 0.3) is 0 Å². The molecule has 0 heterocycles. The molecule has 0 saturated heterocycles. The maximum Gasteiger partial charge on any atom is 0.235 e. The maximum absolute atomic E-state index is 12.0. The lowest BCUT2D eigenvalue weighted by molar-refractivity contribution is -0.127. The number of nitriles is 1. The maximum atomic E-state index is 12.0. The van der Waals surface area contributed by atoms with E-state index < -0.39 is 10.8 Å². The molecule has 0 aliphatic heterocycles. The van der Waals surface area contributed by atoms with Crippen molar-refractivity contribution in [2.45, 2.75) is 18.2 Å². The van der Waals surface area contributed by atoms with Gasteiger partial charge in [-0.25, -0.2) is 0 Å². The van der Waals surface area contributed by atoms with Crippen LogP contribution in [-0.2, 0) is 15.6 Å². The van der Waals surface area contributed by atoms with E-state index in [9.17, 15) is 9.00 Å². The monoisotopic (exact) mass is 264 g/mol. The van der Waals surface area contributed by atoms with Crippen molar-refractivity contribution < 1.29 is 9.00 Å². The minimum Gasteiger partial charge on any atom is -0.344 e. The van der Waals surface area contributed by atoms with Gasteiger partial charge in [0.1, 0.15) is 5.75 Å². The van der Waals surface area contributed by atoms with Gasteiger partial charge in [0.2, 0.25) is 5.91 Å². The van der Waals surface area contributed by atoms with E-state index in [1.54, 1.807) is 13.1 Å². The summed E-state index contributed by atoms with van der Waals surface area (Å²) in [6, 6.07) is 9.29. The molecule has 0 saturated carbocycles. The Kier molecular flexibility index (Phi) is 5.53. The Labute approximate surface area is 110 Å². The number of hydrogen-bond acceptors (Lipinski definition) is 3. The first-order valence-corrected chi connectivity index (χ1v) is 6.92. The summed E-state index contributed by atoms with van der Waals surface area (Å²) in [7, 11) is 0.294. The molecular weight excluding hydrogens is 248 g/mol. The zero-order valence-corrected chi connectivity index (χ0v) is 11.4. The average molecular weight is 264 g/mol. The summed E-state index contributed by atoms with van der Waals surface area (Å²) in [6.07, 6.45) is 0.291. The van der Waals surface area contributed by atoms with E-state index in [4.69, 9.17) is 5.26 Å². The van der Waals surface area contributed by atoms with Gasteiger partial charge in [-0.2, -0.15) is 5.26 Å². The van der Waals surface area contributed by atoms with Crippen molar-refractivity contribution in [1.82, 2.24) is 4.90 Å². The van der Waals surface area contributed by atoms with Gasteiger partial charge in [0.05, 0.1) is 23.3 Å². The molecule has 1 aromatic carbocycles. The van der Waals surface area contributed by atoms with Crippen LogP contribution >= 0.6 is 0 Å². The van der Waals surface area contributed by atoms with Crippen LogP contribution in [0.3, 0.4) is 0 Å². The van der Waals surface area contributed by atoms with E-state index in [1.165, 1.54) is 4.90 Å². The second-order valence-electron chi connectivity index (χ2n) is 4.03. The molecule has 1 atom stereocenters. The van der Waals surface area contributed by atoms with Gasteiger partial charge in [-0.3, -0.25) is 9.00 Å². The molecule has 1 unspecified atom stereocenters. The van der Waals surface area contributed by atoms with E-state index in [0.717, 1.165) is 5.56 Å². The zero-order chi connectivity index (χ0) is 13.5. The SMILES string of the molecule is Cc1cccc(S(=O)CC(=O)N(C)CCC#N)c1. The molecular formula is C13H16N2O2S. The third-order valence-electron chi connectivity index (χ3n) is 2.49. The van der Waals surface area contributed by atoms with Crippen molar-refractivity contribution in [3.63, 3.8) is 0 Å². The highest BCUT2D eigenvalue weighted by Crippen LogP contribution is 2.09. The van der Waals surface area contributed by atoms with Gasteiger partial charge in [0, 0.05) is 18.5 Å². The topological polar surface area (TPSA) is 61.2 Å². The third-order valence-corrected chi connectivity index (χ3v) is 3.78. The summed E-state index contributed by atoms with van der Waals surface area (Å²) in [6.45, 7) is 2.29. The molecule has 18 heavy (non-hydrogen) atoms. The van der Waals surface area contributed by atoms with Gasteiger partial charge < -0.3 is 4.90 Å². The Morgan fingerprint density at radius 3 is 2.83 bits per heavy atom. The molecule has 0 radical (unpaired) electrons. The zero-order valence-electron chi connectivity index (χ0n) is 10.5. The summed E-state index contributed by atoms with van der Waals surface area (Å²) in [5.41, 5.74) is 1.02. The molecule has 0 aromatic heterocycles. The predicted molar refractivity (Wildman–Crippen MR) is 70.3 cm³/mol. The van der Waals surface area contributed by atoms with Gasteiger partial charge in [-0.05, 0) is 24.6 Å². The first kappa shape index (κ1) is 14.4. The van der Waals surface area contributed by atoms with Gasteiger partial charge in [0.15, 0.2) is 0 Å². The van der Waals surface area contributed by atoms with Crippen LogP contribution in [-0.4, -0.2) is 34.4 Å². The number of carbonyl (C=O) groups excluding carboxylic acids is 1. The molecule has 1 amide bonds. The molecule has 1 aromatic rings. The highest BCUT2D eigenvalue weighted by Gasteiger charge is 2.14. The molecule has 5 heteroatoms. The van der Waals surface area contributed by atoms with Crippen molar-refractivity contribution in [2.24, 2.45) is 0 Å². The van der Waals surface area contributed by atoms with Crippen LogP contribution in [0.1, 0.15) is 12.0 Å². The predicted octanol–water partition coefficient (Wildman–Crippen LogP) is 1.47. The lowest BCUT2D eigenvalue weighted by Gasteiger charge is -2.15. The number of benzene rings is 1. The standard InChI is InChI=1S/C13H16N2O2S/c1-11-5-3-6-12(9-11)18(17)10-13(16)15(2)8-4-7-14/h3,5-6,9H,4,8,10H2,1-2H3. The first-order chi connectivity index (χ1) is 8.54. The number of hydrogen-bond donors (Lipinski definition) is 0. The quantitative estimate of drug-likeness (QED) is 0.809. The van der Waals surface area contributed by atoms with Crippen molar-refractivity contribution in [1.29, 1.82) is 5.26 Å². The largest absolute Gasteiger partial charge is 0.344 e. The van der Waals surface area contributed by atoms with Gasteiger partial charge >= 0.3 is 0 Å². The summed E-state index contributed by atoms with van der Waals surface area (Å²) in [4.78, 5) is 13.8. The van der Waals surface area contributed by atoms with Crippen LogP contribution in [0.2, 0.25) is 0 Å². The molecule has 0 spiro atoms. The fraction of sp³-hybridized carbons (Fsp3) is 0.385. The van der Waals surface area contributed by atoms with Crippen molar-refractivity contribution in [3.05, 3.63) is 29.8 Å². The van der Waals surface area contributed by atoms with Gasteiger partial charge in [-0.1, -0.05) is 12.1 Å². The summed E-state index contributed by atoms with van der Waals surface area (Å²) >= 11 is 0. The third kappa shape index (κ3) is 4.30. The van der Waals surface area contributed by atoms with Crippen molar-refractivity contribution in [2.75, 3.05) is 19.3 Å². The van der Waals surface area contributed by atoms with E-state index in [0.29, 0.717) is 17.9 Å². The normalized spacial score (nSPS) is 11.6. The summed E-state index contributed by atoms with van der Waals surface area (Å²) in [5, 5.41) is 8.44. The minimum absolute atomic E-state index is 0.0363. The van der Waals surface area contributed by atoms with Crippen LogP contribution in [0.5, 0.6) is 0 Å². The second kappa shape index (κ2) is 6.92. The summed E-state index contributed by atoms with van der Waals surface area (Å²) < 4.78 is 12.0. The first-order valence-electron chi connectivity index (χ1n) is 5.60. The van der Waals surface area contributed by atoms with E-state index in [-0.39, 0.29) is 11.7 Å². The van der Waals surface area contributed by atoms with Gasteiger partial charge in [-0.15, -0.1) is 0 Å². The second-order valence-corrected chi connectivity index (χ2v) is 5.48. The Morgan fingerprint density at radius 2 is 2.22 bits per heavy atom. The minimum atomic E-state index is -1.32. The Bertz CT molecular complexity index is 494. The molecule has 96 valence electrons. The van der Waals surface area contributed by atoms with Crippen LogP contribution < -0.4 is 0 Å². The average Bonchev–Trinajstić information content (AvgIpc) is 2.35. The Morgan fingerprint density at radius 1 is 1.50 bits per heavy atom. The molecule has 0 aliphatic rings. The fourth-order valence-electron chi connectivity index (χ4n) is 1.41. The molecule has 4 nitrogen and oxygen atoms in total. The summed E-state index contributed by atoms with van der Waals surface area (Å²) in [5.74, 6) is -0.240. The molecule has 1 rings (SSSR count). The Hall–Kier alpha value is -1.67. The Balaban J connectivity index is 2.60. The molecule has 0 aliphatic carbocycles. The van der Waals surface area contributed by atoms with Crippen molar-refractivity contribution >= 4 is 16.7 Å². The number of rotatable bonds is 5. The molecule has 0 N–H and O–H groups in total. The smallest absolute Gasteiger partial charge is 0.235 e. The van der Waals surface area contributed by atoms with Crippen LogP contribution in [0.4, 0.5) is 0 Å². The number of aryl methyl sites for hydroxylation is 1. The highest BCUT2D eigenvalue weighted by molar-refractivity contribution is 7.85. The lowest BCUT2D eigenvalue weighted by atomic mass is 10.2. The van der Waals surface area contributed by atoms with Gasteiger partial charge in [0.25, 0.3) is 0 Å². The van der Waals surface area contributed by atoms with Crippen LogP contribution in [0.15, 0.2) is 29.2 Å². The van der Waals surface area contributed by atoms with Crippen LogP contribution in [0, 0.1) is 18.3 Å². The fourth-order valence-corrected chi connectivity index (χ4v) is 2.56. The van der Waals surface area contributed by atoms with E-state index in [1.807, 2.05) is 31.2 Å². The molecule has 0 bridgehead atoms. The molecule has 0 fully saturated rings. The lowest BCUT2D eigenvalue weighted by Crippen LogP contribution is -2.31. The van der Waals surface area contributed by atoms with Crippen molar-refractivity contribution in [3.8, 4) is 6.07 Å². The number of carbonyl (C=O) groups is 1.